The fourth-order valence-electron chi connectivity index (χ4n) is 2.96. The van der Waals surface area contributed by atoms with Gasteiger partial charge in [-0.2, -0.15) is 0 Å². The molecule has 0 aliphatic carbocycles. The number of aryl methyl sites for hydroxylation is 4. The van der Waals surface area contributed by atoms with Gasteiger partial charge in [0.05, 0.1) is 18.2 Å². The Morgan fingerprint density at radius 2 is 1.12 bits per heavy atom. The van der Waals surface area contributed by atoms with Gasteiger partial charge in [0.25, 0.3) is 0 Å². The molecule has 0 aliphatic heterocycles. The number of rotatable bonds is 6. The number of carboxylic acids is 1. The fraction of sp³-hybridized carbons (Fsp3) is 0.417. The summed E-state index contributed by atoms with van der Waals surface area (Å²) in [5.41, 5.74) is 5.65. The second-order valence-corrected chi connectivity index (χ2v) is 8.74. The summed E-state index contributed by atoms with van der Waals surface area (Å²) in [6, 6.07) is 7.80. The molecule has 174 valence electrons. The summed E-state index contributed by atoms with van der Waals surface area (Å²) in [7, 11) is 1.42. The Labute approximate surface area is 242 Å². The summed E-state index contributed by atoms with van der Waals surface area (Å²) in [4.78, 5) is 22.4. The van der Waals surface area contributed by atoms with Crippen LogP contribution in [0.4, 0.5) is 0 Å². The molecule has 0 amide bonds. The first kappa shape index (κ1) is 36.4. The quantitative estimate of drug-likeness (QED) is 0.286. The van der Waals surface area contributed by atoms with Crippen molar-refractivity contribution in [2.75, 3.05) is 7.11 Å². The van der Waals surface area contributed by atoms with Crippen LogP contribution < -0.4 is 29.6 Å². The largest absolute Gasteiger partial charge is 1.00 e. The van der Waals surface area contributed by atoms with Crippen molar-refractivity contribution < 1.29 is 54.5 Å². The van der Waals surface area contributed by atoms with Gasteiger partial charge in [-0.25, -0.2) is 9.59 Å². The van der Waals surface area contributed by atoms with Crippen molar-refractivity contribution in [2.24, 2.45) is 0 Å². The Balaban J connectivity index is -0.000000481. The number of carboxylic acid groups (broad SMARTS) is 1. The van der Waals surface area contributed by atoms with E-state index in [1.807, 2.05) is 26.0 Å². The molecule has 0 spiro atoms. The number of aromatic carboxylic acids is 1. The van der Waals surface area contributed by atoms with Gasteiger partial charge in [0.15, 0.2) is 0 Å². The van der Waals surface area contributed by atoms with E-state index in [0.29, 0.717) is 11.1 Å². The fourth-order valence-corrected chi connectivity index (χ4v) is 4.66. The minimum atomic E-state index is -0.831. The maximum absolute atomic E-state index is 11.5. The van der Waals surface area contributed by atoms with Crippen LogP contribution in [0.15, 0.2) is 24.3 Å². The third-order valence-corrected chi connectivity index (χ3v) is 6.71. The molecule has 2 aromatic rings. The molecule has 0 heterocycles. The van der Waals surface area contributed by atoms with Crippen LogP contribution in [0.25, 0.3) is 0 Å². The van der Waals surface area contributed by atoms with Crippen LogP contribution in [0.5, 0.6) is 0 Å². The van der Waals surface area contributed by atoms with Gasteiger partial charge in [0, 0.05) is 7.14 Å². The van der Waals surface area contributed by atoms with Crippen LogP contribution in [-0.4, -0.2) is 29.6 Å². The Morgan fingerprint density at radius 1 is 0.781 bits per heavy atom. The first-order valence-corrected chi connectivity index (χ1v) is 11.8. The maximum atomic E-state index is 11.5. The van der Waals surface area contributed by atoms with E-state index in [0.717, 1.165) is 44.0 Å². The Kier molecular flexibility index (Phi) is 20.6. The van der Waals surface area contributed by atoms with Crippen molar-refractivity contribution in [3.05, 3.63) is 64.8 Å². The van der Waals surface area contributed by atoms with Gasteiger partial charge >= 0.3 is 41.5 Å². The molecule has 0 radical (unpaired) electrons. The number of carbonyl (C=O) groups is 2. The van der Waals surface area contributed by atoms with Gasteiger partial charge in [-0.1, -0.05) is 47.3 Å². The molecule has 2 N–H and O–H groups in total. The predicted octanol–water partition coefficient (Wildman–Crippen LogP) is 3.78. The SMILES string of the molecule is C.CCc1cc(CC)c(C(=O)O)cc1I.CCc1cc(CC)c(C(=O)OC)cc1I.[Na+].[OH-]. The Hall–Kier alpha value is -0.200. The molecule has 8 heteroatoms. The third-order valence-electron chi connectivity index (χ3n) is 4.70. The molecular weight excluding hydrogens is 645 g/mol. The summed E-state index contributed by atoms with van der Waals surface area (Å²) in [5.74, 6) is -1.07. The van der Waals surface area contributed by atoms with Gasteiger partial charge in [0.2, 0.25) is 0 Å². The average Bonchev–Trinajstić information content (AvgIpc) is 2.73. The van der Waals surface area contributed by atoms with Crippen molar-refractivity contribution in [3.8, 4) is 0 Å². The van der Waals surface area contributed by atoms with Gasteiger partial charge in [0.1, 0.15) is 0 Å². The molecular formula is C24H33I2NaO5. The molecule has 5 nitrogen and oxygen atoms in total. The van der Waals surface area contributed by atoms with E-state index in [1.54, 1.807) is 6.07 Å². The number of methoxy groups -OCH3 is 1. The van der Waals surface area contributed by atoms with Gasteiger partial charge in [-0.3, -0.25) is 0 Å². The zero-order valence-corrected chi connectivity index (χ0v) is 25.3. The molecule has 0 atom stereocenters. The molecule has 0 saturated carbocycles. The number of esters is 1. The van der Waals surface area contributed by atoms with E-state index in [1.165, 1.54) is 18.2 Å². The van der Waals surface area contributed by atoms with E-state index in [2.05, 4.69) is 65.1 Å². The summed E-state index contributed by atoms with van der Waals surface area (Å²) >= 11 is 4.45. The standard InChI is InChI=1S/C12H15IO2.C11H13IO2.CH4.Na.H2O/c1-4-8-6-9(5-2)11(13)7-10(8)12(14)15-3;1-3-7-5-8(4-2)10(12)6-9(7)11(13)14;;;/h6-7H,4-5H2,1-3H3;5-6H,3-4H2,1-2H3,(H,13,14);1H4;;1H2/q;;;+1;/p-1. The van der Waals surface area contributed by atoms with Crippen LogP contribution in [-0.2, 0) is 30.4 Å². The first-order chi connectivity index (χ1) is 13.7. The van der Waals surface area contributed by atoms with E-state index < -0.39 is 5.97 Å². The second kappa shape index (κ2) is 18.2. The maximum Gasteiger partial charge on any atom is 1.00 e. The minimum absolute atomic E-state index is 0. The number of hydrogen-bond acceptors (Lipinski definition) is 4. The molecule has 32 heavy (non-hydrogen) atoms. The average molecular weight is 678 g/mol. The van der Waals surface area contributed by atoms with Crippen LogP contribution in [0.1, 0.15) is 78.1 Å². The number of carbonyl (C=O) groups excluding carboxylic acids is 1. The van der Waals surface area contributed by atoms with Gasteiger partial charge < -0.3 is 15.3 Å². The summed E-state index contributed by atoms with van der Waals surface area (Å²) in [6.07, 6.45) is 3.57. The van der Waals surface area contributed by atoms with E-state index in [-0.39, 0.29) is 48.4 Å². The summed E-state index contributed by atoms with van der Waals surface area (Å²) in [6.45, 7) is 8.23. The molecule has 0 saturated heterocycles. The van der Waals surface area contributed by atoms with E-state index >= 15 is 0 Å². The normalized spacial score (nSPS) is 9.22. The topological polar surface area (TPSA) is 93.6 Å². The molecule has 0 fully saturated rings. The number of benzene rings is 2. The minimum Gasteiger partial charge on any atom is -0.870 e. The molecule has 0 unspecified atom stereocenters. The summed E-state index contributed by atoms with van der Waals surface area (Å²) in [5, 5.41) is 8.98. The Morgan fingerprint density at radius 3 is 1.44 bits per heavy atom. The van der Waals surface area contributed by atoms with Crippen molar-refractivity contribution >= 4 is 57.1 Å². The second-order valence-electron chi connectivity index (χ2n) is 6.41. The molecule has 0 aliphatic rings. The first-order valence-electron chi connectivity index (χ1n) is 9.67. The van der Waals surface area contributed by atoms with Crippen LogP contribution in [0.2, 0.25) is 0 Å². The molecule has 2 aromatic carbocycles. The van der Waals surface area contributed by atoms with Gasteiger partial charge in [-0.05, 0) is 105 Å². The zero-order chi connectivity index (χ0) is 22.1. The van der Waals surface area contributed by atoms with E-state index in [9.17, 15) is 9.59 Å². The zero-order valence-electron chi connectivity index (χ0n) is 19.0. The summed E-state index contributed by atoms with van der Waals surface area (Å²) < 4.78 is 6.94. The number of hydrogen-bond donors (Lipinski definition) is 1. The molecule has 0 bridgehead atoms. The van der Waals surface area contributed by atoms with Crippen LogP contribution >= 0.6 is 45.2 Å². The smallest absolute Gasteiger partial charge is 0.870 e. The number of ether oxygens (including phenoxy) is 1. The van der Waals surface area contributed by atoms with Crippen molar-refractivity contribution in [2.45, 2.75) is 60.8 Å². The molecule has 0 aromatic heterocycles. The monoisotopic (exact) mass is 678 g/mol. The van der Waals surface area contributed by atoms with Crippen LogP contribution in [0, 0.1) is 7.14 Å². The molecule has 2 rings (SSSR count). The van der Waals surface area contributed by atoms with Crippen molar-refractivity contribution in [1.29, 1.82) is 0 Å². The Bertz CT molecular complexity index is 885. The van der Waals surface area contributed by atoms with Crippen molar-refractivity contribution in [3.63, 3.8) is 0 Å². The van der Waals surface area contributed by atoms with Gasteiger partial charge in [-0.15, -0.1) is 0 Å². The third kappa shape index (κ3) is 9.97. The van der Waals surface area contributed by atoms with E-state index in [4.69, 9.17) is 9.84 Å². The van der Waals surface area contributed by atoms with Crippen molar-refractivity contribution in [1.82, 2.24) is 0 Å². The van der Waals surface area contributed by atoms with Crippen LogP contribution in [0.3, 0.4) is 0 Å². The predicted molar refractivity (Wildman–Crippen MR) is 143 cm³/mol. The number of halogens is 2.